The van der Waals surface area contributed by atoms with Crippen LogP contribution < -0.4 is 0 Å². The van der Waals surface area contributed by atoms with Gasteiger partial charge >= 0.3 is 0 Å². The Morgan fingerprint density at radius 1 is 1.43 bits per heavy atom. The second-order valence-electron chi connectivity index (χ2n) is 7.42. The Balaban J connectivity index is 1.22. The van der Waals surface area contributed by atoms with Crippen molar-refractivity contribution in [3.63, 3.8) is 0 Å². The van der Waals surface area contributed by atoms with Gasteiger partial charge < -0.3 is 14.2 Å². The lowest BCUT2D eigenvalue weighted by Gasteiger charge is -2.53. The summed E-state index contributed by atoms with van der Waals surface area (Å²) in [5.74, 6) is 1.70. The van der Waals surface area contributed by atoms with Gasteiger partial charge in [0.05, 0.1) is 17.9 Å². The fourth-order valence-electron chi connectivity index (χ4n) is 4.12. The predicted molar refractivity (Wildman–Crippen MR) is 83.7 cm³/mol. The summed E-state index contributed by atoms with van der Waals surface area (Å²) >= 11 is 0. The minimum absolute atomic E-state index is 0.0459. The molecule has 0 aliphatic carbocycles. The number of ether oxygens (including phenoxy) is 1. The second-order valence-corrected chi connectivity index (χ2v) is 7.42. The first kappa shape index (κ1) is 15.1. The van der Waals surface area contributed by atoms with Crippen LogP contribution in [0.15, 0.2) is 10.6 Å². The van der Waals surface area contributed by atoms with E-state index < -0.39 is 0 Å². The lowest BCUT2D eigenvalue weighted by Crippen LogP contribution is -2.64. The monoisotopic (exact) mass is 319 g/mol. The molecule has 0 radical (unpaired) electrons. The van der Waals surface area contributed by atoms with Crippen LogP contribution in [0, 0.1) is 12.8 Å². The standard InChI is InChI=1S/C17H25N3O3/c1-13-7-15(18-23-13)9-19-11-17(12-19)5-4-14(10-22-17)8-20-6-2-3-16(20)21/h7,14H,2-6,8-12H2,1H3. The average molecular weight is 319 g/mol. The third kappa shape index (κ3) is 3.15. The van der Waals surface area contributed by atoms with Gasteiger partial charge in [-0.05, 0) is 26.2 Å². The summed E-state index contributed by atoms with van der Waals surface area (Å²) in [7, 11) is 0. The maximum Gasteiger partial charge on any atom is 0.222 e. The highest BCUT2D eigenvalue weighted by molar-refractivity contribution is 5.78. The Hall–Kier alpha value is -1.40. The Morgan fingerprint density at radius 2 is 2.30 bits per heavy atom. The van der Waals surface area contributed by atoms with Crippen LogP contribution in [0.4, 0.5) is 0 Å². The molecule has 3 fully saturated rings. The minimum Gasteiger partial charge on any atom is -0.372 e. The zero-order valence-electron chi connectivity index (χ0n) is 13.8. The number of hydrogen-bond donors (Lipinski definition) is 0. The molecule has 23 heavy (non-hydrogen) atoms. The number of hydrogen-bond acceptors (Lipinski definition) is 5. The number of aromatic nitrogens is 1. The summed E-state index contributed by atoms with van der Waals surface area (Å²) in [6.45, 7) is 7.34. The van der Waals surface area contributed by atoms with Crippen LogP contribution in [0.25, 0.3) is 0 Å². The molecule has 1 aromatic rings. The predicted octanol–water partition coefficient (Wildman–Crippen LogP) is 1.59. The largest absolute Gasteiger partial charge is 0.372 e. The van der Waals surface area contributed by atoms with Gasteiger partial charge in [0, 0.05) is 51.1 Å². The number of amides is 1. The van der Waals surface area contributed by atoms with Crippen molar-refractivity contribution in [2.75, 3.05) is 32.8 Å². The van der Waals surface area contributed by atoms with Crippen LogP contribution >= 0.6 is 0 Å². The van der Waals surface area contributed by atoms with Crippen LogP contribution in [0.5, 0.6) is 0 Å². The van der Waals surface area contributed by atoms with E-state index in [4.69, 9.17) is 9.26 Å². The lowest BCUT2D eigenvalue weighted by atomic mass is 9.82. The van der Waals surface area contributed by atoms with Crippen LogP contribution in [0.2, 0.25) is 0 Å². The van der Waals surface area contributed by atoms with Gasteiger partial charge in [-0.2, -0.15) is 0 Å². The SMILES string of the molecule is Cc1cc(CN2CC3(CCC(CN4CCCC4=O)CO3)C2)no1. The van der Waals surface area contributed by atoms with Crippen molar-refractivity contribution < 1.29 is 14.1 Å². The molecule has 126 valence electrons. The quantitative estimate of drug-likeness (QED) is 0.843. The van der Waals surface area contributed by atoms with Crippen LogP contribution in [0.3, 0.4) is 0 Å². The van der Waals surface area contributed by atoms with Crippen molar-refractivity contribution in [2.24, 2.45) is 5.92 Å². The van der Waals surface area contributed by atoms with E-state index >= 15 is 0 Å². The van der Waals surface area contributed by atoms with Gasteiger partial charge in [-0.3, -0.25) is 9.69 Å². The maximum absolute atomic E-state index is 11.7. The van der Waals surface area contributed by atoms with Crippen LogP contribution in [0.1, 0.15) is 37.1 Å². The molecule has 0 aromatic carbocycles. The van der Waals surface area contributed by atoms with Crippen molar-refractivity contribution in [2.45, 2.75) is 44.8 Å². The summed E-state index contributed by atoms with van der Waals surface area (Å²) in [6.07, 6.45) is 4.02. The van der Waals surface area contributed by atoms with Gasteiger partial charge in [0.2, 0.25) is 5.91 Å². The minimum atomic E-state index is 0.0459. The van der Waals surface area contributed by atoms with E-state index in [2.05, 4.69) is 10.1 Å². The van der Waals surface area contributed by atoms with Crippen LogP contribution in [-0.2, 0) is 16.1 Å². The normalized spacial score (nSPS) is 27.6. The van der Waals surface area contributed by atoms with Gasteiger partial charge in [-0.15, -0.1) is 0 Å². The zero-order chi connectivity index (χ0) is 15.9. The molecule has 3 saturated heterocycles. The first-order valence-corrected chi connectivity index (χ1v) is 8.68. The van der Waals surface area contributed by atoms with Crippen molar-refractivity contribution in [3.05, 3.63) is 17.5 Å². The van der Waals surface area contributed by atoms with E-state index in [1.54, 1.807) is 0 Å². The molecule has 4 heterocycles. The molecule has 4 rings (SSSR count). The summed E-state index contributed by atoms with van der Waals surface area (Å²) < 4.78 is 11.3. The summed E-state index contributed by atoms with van der Waals surface area (Å²) in [5, 5.41) is 4.05. The van der Waals surface area contributed by atoms with E-state index in [0.29, 0.717) is 11.8 Å². The summed E-state index contributed by atoms with van der Waals surface area (Å²) in [4.78, 5) is 16.1. The highest BCUT2D eigenvalue weighted by Crippen LogP contribution is 2.37. The number of aryl methyl sites for hydroxylation is 1. The zero-order valence-corrected chi connectivity index (χ0v) is 13.8. The molecule has 1 aromatic heterocycles. The van der Waals surface area contributed by atoms with Crippen molar-refractivity contribution >= 4 is 5.91 Å². The first-order valence-electron chi connectivity index (χ1n) is 8.68. The molecule has 3 aliphatic heterocycles. The molecule has 0 N–H and O–H groups in total. The topological polar surface area (TPSA) is 58.8 Å². The van der Waals surface area contributed by atoms with Crippen molar-refractivity contribution in [3.8, 4) is 0 Å². The Bertz CT molecular complexity index is 569. The van der Waals surface area contributed by atoms with Gasteiger partial charge in [0.15, 0.2) is 0 Å². The van der Waals surface area contributed by atoms with E-state index in [-0.39, 0.29) is 5.60 Å². The second kappa shape index (κ2) is 5.91. The molecule has 6 heteroatoms. The smallest absolute Gasteiger partial charge is 0.222 e. The third-order valence-corrected chi connectivity index (χ3v) is 5.37. The average Bonchev–Trinajstić information content (AvgIpc) is 3.09. The first-order chi connectivity index (χ1) is 11.1. The van der Waals surface area contributed by atoms with Crippen molar-refractivity contribution in [1.29, 1.82) is 0 Å². The highest BCUT2D eigenvalue weighted by Gasteiger charge is 2.46. The Kier molecular flexibility index (Phi) is 3.89. The van der Waals surface area contributed by atoms with Crippen molar-refractivity contribution in [1.82, 2.24) is 15.0 Å². The van der Waals surface area contributed by atoms with Gasteiger partial charge in [0.1, 0.15) is 5.76 Å². The Labute approximate surface area is 136 Å². The number of rotatable bonds is 4. The van der Waals surface area contributed by atoms with E-state index in [1.807, 2.05) is 17.9 Å². The molecule has 1 amide bonds. The summed E-state index contributed by atoms with van der Waals surface area (Å²) in [6, 6.07) is 2.00. The molecule has 1 spiro atoms. The number of carbonyl (C=O) groups excluding carboxylic acids is 1. The van der Waals surface area contributed by atoms with E-state index in [1.165, 1.54) is 6.42 Å². The molecule has 1 atom stereocenters. The third-order valence-electron chi connectivity index (χ3n) is 5.37. The Morgan fingerprint density at radius 3 is 2.91 bits per heavy atom. The lowest BCUT2D eigenvalue weighted by molar-refractivity contribution is -0.183. The molecular formula is C17H25N3O3. The fraction of sp³-hybridized carbons (Fsp3) is 0.765. The van der Waals surface area contributed by atoms with Gasteiger partial charge in [0.25, 0.3) is 0 Å². The molecule has 0 saturated carbocycles. The number of nitrogens with zero attached hydrogens (tertiary/aromatic N) is 3. The molecule has 3 aliphatic rings. The molecule has 6 nitrogen and oxygen atoms in total. The molecule has 0 bridgehead atoms. The number of carbonyl (C=O) groups is 1. The van der Waals surface area contributed by atoms with Gasteiger partial charge in [-0.1, -0.05) is 5.16 Å². The summed E-state index contributed by atoms with van der Waals surface area (Å²) in [5.41, 5.74) is 1.04. The molecular weight excluding hydrogens is 294 g/mol. The maximum atomic E-state index is 11.7. The fourth-order valence-corrected chi connectivity index (χ4v) is 4.12. The van der Waals surface area contributed by atoms with E-state index in [9.17, 15) is 4.79 Å². The van der Waals surface area contributed by atoms with E-state index in [0.717, 1.165) is 70.0 Å². The van der Waals surface area contributed by atoms with Gasteiger partial charge in [-0.25, -0.2) is 0 Å². The molecule has 1 unspecified atom stereocenters. The number of likely N-dealkylation sites (tertiary alicyclic amines) is 2. The van der Waals surface area contributed by atoms with Crippen LogP contribution in [-0.4, -0.2) is 59.3 Å². The highest BCUT2D eigenvalue weighted by atomic mass is 16.5.